The first-order valence-corrected chi connectivity index (χ1v) is 12.6. The molecule has 0 spiro atoms. The van der Waals surface area contributed by atoms with Crippen LogP contribution in [0.15, 0.2) is 42.5 Å². The number of alkyl halides is 2. The Morgan fingerprint density at radius 3 is 2.18 bits per heavy atom. The first-order valence-electron chi connectivity index (χ1n) is 11.2. The molecule has 0 unspecified atom stereocenters. The van der Waals surface area contributed by atoms with Crippen LogP contribution in [0.5, 0.6) is 0 Å². The van der Waals surface area contributed by atoms with Crippen LogP contribution >= 0.6 is 0 Å². The lowest BCUT2D eigenvalue weighted by Gasteiger charge is -2.57. The SMILES string of the molecule is O=C(COS(=O)(=O)C(F)(F)C(=O)NC12C[C@H]3C[C@@H](C1)C[C@@H](C2)C3)c1cccc2ccccc12. The highest BCUT2D eigenvalue weighted by atomic mass is 32.2. The lowest BCUT2D eigenvalue weighted by molar-refractivity contribution is -0.142. The molecule has 4 bridgehead atoms. The summed E-state index contributed by atoms with van der Waals surface area (Å²) >= 11 is 0. The van der Waals surface area contributed by atoms with Gasteiger partial charge in [0.2, 0.25) is 0 Å². The Morgan fingerprint density at radius 2 is 1.55 bits per heavy atom. The second-order valence-corrected chi connectivity index (χ2v) is 11.5. The predicted octanol–water partition coefficient (Wildman–Crippen LogP) is 4.05. The Bertz CT molecular complexity index is 1190. The Morgan fingerprint density at radius 1 is 0.970 bits per heavy atom. The molecule has 33 heavy (non-hydrogen) atoms. The van der Waals surface area contributed by atoms with Crippen LogP contribution in [-0.4, -0.2) is 37.5 Å². The summed E-state index contributed by atoms with van der Waals surface area (Å²) in [5.74, 6) is -1.49. The van der Waals surface area contributed by atoms with E-state index in [2.05, 4.69) is 9.50 Å². The van der Waals surface area contributed by atoms with Gasteiger partial charge >= 0.3 is 21.3 Å². The maximum Gasteiger partial charge on any atom is 0.446 e. The van der Waals surface area contributed by atoms with Gasteiger partial charge in [-0.25, -0.2) is 0 Å². The average Bonchev–Trinajstić information content (AvgIpc) is 2.75. The molecule has 4 aliphatic rings. The molecule has 4 saturated carbocycles. The van der Waals surface area contributed by atoms with Crippen LogP contribution in [0.25, 0.3) is 10.8 Å². The number of hydrogen-bond donors (Lipinski definition) is 1. The first kappa shape index (κ1) is 22.4. The molecule has 0 aliphatic heterocycles. The van der Waals surface area contributed by atoms with E-state index >= 15 is 0 Å². The Hall–Kier alpha value is -2.39. The molecule has 0 heterocycles. The molecule has 2 aromatic carbocycles. The van der Waals surface area contributed by atoms with Crippen molar-refractivity contribution in [1.82, 2.24) is 5.32 Å². The van der Waals surface area contributed by atoms with Crippen molar-refractivity contribution >= 4 is 32.6 Å². The fraction of sp³-hybridized carbons (Fsp3) is 0.500. The van der Waals surface area contributed by atoms with Crippen molar-refractivity contribution in [1.29, 1.82) is 0 Å². The van der Waals surface area contributed by atoms with Crippen LogP contribution in [-0.2, 0) is 19.1 Å². The van der Waals surface area contributed by atoms with Gasteiger partial charge < -0.3 is 5.32 Å². The normalized spacial score (nSPS) is 28.7. The Kier molecular flexibility index (Phi) is 5.32. The summed E-state index contributed by atoms with van der Waals surface area (Å²) in [7, 11) is -5.67. The van der Waals surface area contributed by atoms with E-state index in [-0.39, 0.29) is 5.56 Å². The highest BCUT2D eigenvalue weighted by Gasteiger charge is 2.58. The number of amides is 1. The fourth-order valence-electron chi connectivity index (χ4n) is 6.44. The quantitative estimate of drug-likeness (QED) is 0.480. The summed E-state index contributed by atoms with van der Waals surface area (Å²) in [6, 6.07) is 11.8. The van der Waals surface area contributed by atoms with Gasteiger partial charge in [0.25, 0.3) is 0 Å². The van der Waals surface area contributed by atoms with Crippen LogP contribution in [0.3, 0.4) is 0 Å². The van der Waals surface area contributed by atoms with E-state index < -0.39 is 39.2 Å². The van der Waals surface area contributed by atoms with Crippen molar-refractivity contribution < 1.29 is 31.0 Å². The zero-order chi connectivity index (χ0) is 23.4. The van der Waals surface area contributed by atoms with Crippen LogP contribution < -0.4 is 5.32 Å². The lowest BCUT2D eigenvalue weighted by atomic mass is 9.53. The van der Waals surface area contributed by atoms with Crippen molar-refractivity contribution in [3.8, 4) is 0 Å². The number of halogens is 2. The highest BCUT2D eigenvalue weighted by Crippen LogP contribution is 2.55. The summed E-state index contributed by atoms with van der Waals surface area (Å²) < 4.78 is 58.5. The summed E-state index contributed by atoms with van der Waals surface area (Å²) in [6.45, 7) is -1.11. The predicted molar refractivity (Wildman–Crippen MR) is 117 cm³/mol. The van der Waals surface area contributed by atoms with Crippen LogP contribution in [0.1, 0.15) is 48.9 Å². The Balaban J connectivity index is 1.28. The minimum Gasteiger partial charge on any atom is -0.344 e. The second-order valence-electron chi connectivity index (χ2n) is 9.83. The van der Waals surface area contributed by atoms with Crippen molar-refractivity contribution in [2.24, 2.45) is 17.8 Å². The van der Waals surface area contributed by atoms with E-state index in [0.29, 0.717) is 42.4 Å². The van der Waals surface area contributed by atoms with Crippen LogP contribution in [0.4, 0.5) is 8.78 Å². The standard InChI is InChI=1S/C24H25F2NO5S/c25-24(26,22(29)27-23-11-15-8-16(12-23)10-17(9-15)13-23)33(30,31)32-14-21(28)20-7-3-5-18-4-1-2-6-19(18)20/h1-7,15-17H,8-14H2,(H,27,29)/t15-,16+,17-,23?. The van der Waals surface area contributed by atoms with Crippen LogP contribution in [0.2, 0.25) is 0 Å². The number of benzene rings is 2. The zero-order valence-electron chi connectivity index (χ0n) is 17.9. The molecule has 0 aromatic heterocycles. The van der Waals surface area contributed by atoms with Gasteiger partial charge in [-0.15, -0.1) is 0 Å². The monoisotopic (exact) mass is 477 g/mol. The van der Waals surface area contributed by atoms with E-state index in [9.17, 15) is 26.8 Å². The maximum absolute atomic E-state index is 14.7. The summed E-state index contributed by atoms with van der Waals surface area (Å²) in [4.78, 5) is 25.0. The molecule has 1 amide bonds. The van der Waals surface area contributed by atoms with E-state index in [1.54, 1.807) is 36.4 Å². The summed E-state index contributed by atoms with van der Waals surface area (Å²) in [6.07, 6.45) is 4.93. The molecular weight excluding hydrogens is 452 g/mol. The molecule has 4 fully saturated rings. The largest absolute Gasteiger partial charge is 0.446 e. The van der Waals surface area contributed by atoms with Gasteiger partial charge in [-0.3, -0.25) is 13.8 Å². The van der Waals surface area contributed by atoms with Gasteiger partial charge in [0.1, 0.15) is 6.61 Å². The molecular formula is C24H25F2NO5S. The number of fused-ring (bicyclic) bond motifs is 1. The molecule has 4 aliphatic carbocycles. The average molecular weight is 478 g/mol. The minimum absolute atomic E-state index is 0.157. The summed E-state index contributed by atoms with van der Waals surface area (Å²) in [5.41, 5.74) is -0.617. The van der Waals surface area contributed by atoms with E-state index in [1.165, 1.54) is 6.07 Å². The van der Waals surface area contributed by atoms with Gasteiger partial charge in [0, 0.05) is 11.1 Å². The van der Waals surface area contributed by atoms with E-state index in [0.717, 1.165) is 24.6 Å². The number of rotatable bonds is 7. The maximum atomic E-state index is 14.7. The van der Waals surface area contributed by atoms with Gasteiger partial charge in [0.05, 0.1) is 0 Å². The van der Waals surface area contributed by atoms with Crippen molar-refractivity contribution in [3.63, 3.8) is 0 Å². The molecule has 0 radical (unpaired) electrons. The number of carbonyl (C=O) groups is 2. The van der Waals surface area contributed by atoms with Crippen molar-refractivity contribution in [2.75, 3.05) is 6.61 Å². The van der Waals surface area contributed by atoms with Crippen LogP contribution in [0, 0.1) is 17.8 Å². The van der Waals surface area contributed by atoms with Gasteiger partial charge in [-0.2, -0.15) is 17.2 Å². The molecule has 0 atom stereocenters. The van der Waals surface area contributed by atoms with Crippen molar-refractivity contribution in [3.05, 3.63) is 48.0 Å². The van der Waals surface area contributed by atoms with E-state index in [1.807, 2.05) is 0 Å². The third kappa shape index (κ3) is 3.95. The smallest absolute Gasteiger partial charge is 0.344 e. The molecule has 1 N–H and O–H groups in total. The Labute approximate surface area is 190 Å². The lowest BCUT2D eigenvalue weighted by Crippen LogP contribution is -2.63. The third-order valence-corrected chi connectivity index (χ3v) is 8.67. The number of nitrogens with one attached hydrogen (secondary N) is 1. The highest BCUT2D eigenvalue weighted by molar-refractivity contribution is 7.88. The number of ketones is 1. The molecule has 6 rings (SSSR count). The molecule has 0 saturated heterocycles. The second kappa shape index (κ2) is 7.84. The van der Waals surface area contributed by atoms with E-state index in [4.69, 9.17) is 0 Å². The fourth-order valence-corrected chi connectivity index (χ4v) is 7.13. The minimum atomic E-state index is -5.67. The molecule has 2 aromatic rings. The first-order chi connectivity index (χ1) is 15.6. The van der Waals surface area contributed by atoms with Gasteiger partial charge in [-0.05, 0) is 67.1 Å². The number of Topliss-reactive ketones (excluding diaryl/α,β-unsaturated/α-hetero) is 1. The number of carbonyl (C=O) groups excluding carboxylic acids is 2. The van der Waals surface area contributed by atoms with Gasteiger partial charge in [0.15, 0.2) is 5.78 Å². The topological polar surface area (TPSA) is 89.5 Å². The third-order valence-electron chi connectivity index (χ3n) is 7.43. The molecule has 6 nitrogen and oxygen atoms in total. The molecule has 176 valence electrons. The van der Waals surface area contributed by atoms with Gasteiger partial charge in [-0.1, -0.05) is 42.5 Å². The number of hydrogen-bond acceptors (Lipinski definition) is 5. The zero-order valence-corrected chi connectivity index (χ0v) is 18.7. The molecule has 9 heteroatoms. The summed E-state index contributed by atoms with van der Waals surface area (Å²) in [5, 5.41) is -1.12. The van der Waals surface area contributed by atoms with Crippen molar-refractivity contribution in [2.45, 2.75) is 49.3 Å².